The third-order valence-electron chi connectivity index (χ3n) is 2.80. The summed E-state index contributed by atoms with van der Waals surface area (Å²) in [6, 6.07) is 6.66. The van der Waals surface area contributed by atoms with Crippen LogP contribution in [0.25, 0.3) is 0 Å². The Hall–Kier alpha value is -1.55. The minimum Gasteiger partial charge on any atom is -0.469 e. The van der Waals surface area contributed by atoms with Gasteiger partial charge in [0.1, 0.15) is 0 Å². The lowest BCUT2D eigenvalue weighted by Gasteiger charge is -2.19. The summed E-state index contributed by atoms with van der Waals surface area (Å²) in [6.45, 7) is 3.94. The van der Waals surface area contributed by atoms with Crippen LogP contribution in [-0.2, 0) is 14.3 Å². The highest BCUT2D eigenvalue weighted by molar-refractivity contribution is 6.30. The minimum atomic E-state index is -0.397. The van der Waals surface area contributed by atoms with E-state index >= 15 is 0 Å². The van der Waals surface area contributed by atoms with Crippen LogP contribution in [0.4, 0.5) is 0 Å². The number of carbonyl (C=O) groups excluding carboxylic acids is 2. The highest BCUT2D eigenvalue weighted by Gasteiger charge is 2.19. The number of esters is 1. The summed E-state index contributed by atoms with van der Waals surface area (Å²) in [4.78, 5) is 23.4. The first-order chi connectivity index (χ1) is 9.42. The zero-order chi connectivity index (χ0) is 15.1. The first-order valence-electron chi connectivity index (χ1n) is 6.54. The van der Waals surface area contributed by atoms with E-state index in [9.17, 15) is 9.59 Å². The van der Waals surface area contributed by atoms with Crippen LogP contribution in [0.15, 0.2) is 24.3 Å². The van der Waals surface area contributed by atoms with Crippen molar-refractivity contribution in [1.29, 1.82) is 0 Å². The van der Waals surface area contributed by atoms with E-state index in [0.29, 0.717) is 11.4 Å². The molecule has 0 heterocycles. The third kappa shape index (κ3) is 5.61. The fraction of sp³-hybridized carbons (Fsp3) is 0.467. The molecule has 0 aromatic heterocycles. The van der Waals surface area contributed by atoms with E-state index < -0.39 is 6.04 Å². The third-order valence-corrected chi connectivity index (χ3v) is 3.05. The minimum absolute atomic E-state index is 0.0798. The van der Waals surface area contributed by atoms with Gasteiger partial charge < -0.3 is 10.1 Å². The molecule has 1 aromatic rings. The van der Waals surface area contributed by atoms with Gasteiger partial charge >= 0.3 is 5.97 Å². The first kappa shape index (κ1) is 16.5. The van der Waals surface area contributed by atoms with Gasteiger partial charge in [-0.3, -0.25) is 9.59 Å². The monoisotopic (exact) mass is 297 g/mol. The van der Waals surface area contributed by atoms with Crippen LogP contribution in [0.3, 0.4) is 0 Å². The van der Waals surface area contributed by atoms with E-state index in [1.807, 2.05) is 13.8 Å². The molecule has 20 heavy (non-hydrogen) atoms. The summed E-state index contributed by atoms with van der Waals surface area (Å²) in [6.07, 6.45) is 0.521. The fourth-order valence-electron chi connectivity index (χ4n) is 1.82. The molecule has 110 valence electrons. The van der Waals surface area contributed by atoms with Gasteiger partial charge in [-0.25, -0.2) is 0 Å². The maximum absolute atomic E-state index is 11.9. The molecule has 0 fully saturated rings. The zero-order valence-electron chi connectivity index (χ0n) is 12.0. The van der Waals surface area contributed by atoms with E-state index in [2.05, 4.69) is 10.1 Å². The van der Waals surface area contributed by atoms with E-state index in [-0.39, 0.29) is 24.2 Å². The summed E-state index contributed by atoms with van der Waals surface area (Å²) in [5.41, 5.74) is 0.830. The number of halogens is 1. The Morgan fingerprint density at radius 1 is 1.20 bits per heavy atom. The molecule has 1 rings (SSSR count). The molecule has 0 aliphatic carbocycles. The normalized spacial score (nSPS) is 12.1. The molecular weight excluding hydrogens is 278 g/mol. The number of methoxy groups -OCH3 is 1. The standard InChI is InChI=1S/C15H20ClNO3/c1-10(2)8-14(18)17-13(9-15(19)20-3)11-4-6-12(16)7-5-11/h4-7,10,13H,8-9H2,1-3H3,(H,17,18). The van der Waals surface area contributed by atoms with Crippen LogP contribution in [0.5, 0.6) is 0 Å². The first-order valence-corrected chi connectivity index (χ1v) is 6.91. The lowest BCUT2D eigenvalue weighted by atomic mass is 10.0. The smallest absolute Gasteiger partial charge is 0.307 e. The molecule has 0 aliphatic rings. The van der Waals surface area contributed by atoms with Crippen molar-refractivity contribution in [1.82, 2.24) is 5.32 Å². The van der Waals surface area contributed by atoms with E-state index in [4.69, 9.17) is 11.6 Å². The molecule has 1 atom stereocenters. The Morgan fingerprint density at radius 3 is 2.30 bits per heavy atom. The molecule has 1 aromatic carbocycles. The van der Waals surface area contributed by atoms with Crippen LogP contribution in [0.1, 0.15) is 38.3 Å². The second-order valence-electron chi connectivity index (χ2n) is 5.05. The maximum atomic E-state index is 11.9. The fourth-order valence-corrected chi connectivity index (χ4v) is 1.95. The molecule has 0 aliphatic heterocycles. The van der Waals surface area contributed by atoms with Crippen LogP contribution in [0.2, 0.25) is 5.02 Å². The molecule has 1 N–H and O–H groups in total. The Labute approximate surface area is 124 Å². The lowest BCUT2D eigenvalue weighted by Crippen LogP contribution is -2.31. The van der Waals surface area contributed by atoms with Gasteiger partial charge in [0, 0.05) is 11.4 Å². The van der Waals surface area contributed by atoms with E-state index in [1.54, 1.807) is 24.3 Å². The van der Waals surface area contributed by atoms with Crippen LogP contribution < -0.4 is 5.32 Å². The second kappa shape index (κ2) is 7.90. The molecular formula is C15H20ClNO3. The summed E-state index contributed by atoms with van der Waals surface area (Å²) >= 11 is 5.84. The quantitative estimate of drug-likeness (QED) is 0.821. The molecule has 0 saturated heterocycles. The largest absolute Gasteiger partial charge is 0.469 e. The summed E-state index contributed by atoms with van der Waals surface area (Å²) < 4.78 is 4.67. The average Bonchev–Trinajstić information content (AvgIpc) is 2.37. The van der Waals surface area contributed by atoms with Crippen LogP contribution in [-0.4, -0.2) is 19.0 Å². The van der Waals surface area contributed by atoms with Crippen LogP contribution >= 0.6 is 11.6 Å². The second-order valence-corrected chi connectivity index (χ2v) is 5.49. The predicted octanol–water partition coefficient (Wildman–Crippen LogP) is 3.11. The zero-order valence-corrected chi connectivity index (χ0v) is 12.7. The Balaban J connectivity index is 2.82. The highest BCUT2D eigenvalue weighted by Crippen LogP contribution is 2.20. The van der Waals surface area contributed by atoms with Crippen molar-refractivity contribution >= 4 is 23.5 Å². The lowest BCUT2D eigenvalue weighted by molar-refractivity contribution is -0.141. The summed E-state index contributed by atoms with van der Waals surface area (Å²) in [7, 11) is 1.33. The average molecular weight is 298 g/mol. The number of rotatable bonds is 6. The molecule has 0 saturated carbocycles. The molecule has 1 amide bonds. The number of nitrogens with one attached hydrogen (secondary N) is 1. The molecule has 1 unspecified atom stereocenters. The molecule has 0 spiro atoms. The number of carbonyl (C=O) groups is 2. The number of benzene rings is 1. The van der Waals surface area contributed by atoms with Gasteiger partial charge in [-0.1, -0.05) is 37.6 Å². The van der Waals surface area contributed by atoms with Crippen LogP contribution in [0, 0.1) is 5.92 Å². The van der Waals surface area contributed by atoms with Gasteiger partial charge in [0.2, 0.25) is 5.91 Å². The summed E-state index contributed by atoms with van der Waals surface area (Å²) in [5.74, 6) is -0.183. The topological polar surface area (TPSA) is 55.4 Å². The predicted molar refractivity (Wildman–Crippen MR) is 78.4 cm³/mol. The van der Waals surface area contributed by atoms with Crippen molar-refractivity contribution in [3.8, 4) is 0 Å². The Morgan fingerprint density at radius 2 is 1.80 bits per heavy atom. The van der Waals surface area contributed by atoms with E-state index in [0.717, 1.165) is 5.56 Å². The molecule has 4 nitrogen and oxygen atoms in total. The Bertz CT molecular complexity index is 457. The van der Waals surface area contributed by atoms with Gasteiger partial charge in [-0.2, -0.15) is 0 Å². The SMILES string of the molecule is COC(=O)CC(NC(=O)CC(C)C)c1ccc(Cl)cc1. The number of amides is 1. The molecule has 5 heteroatoms. The van der Waals surface area contributed by atoms with Crippen molar-refractivity contribution in [2.75, 3.05) is 7.11 Å². The Kier molecular flexibility index (Phi) is 6.52. The van der Waals surface area contributed by atoms with Crippen molar-refractivity contribution in [2.45, 2.75) is 32.7 Å². The van der Waals surface area contributed by atoms with Crippen molar-refractivity contribution in [3.63, 3.8) is 0 Å². The number of hydrogen-bond donors (Lipinski definition) is 1. The van der Waals surface area contributed by atoms with E-state index in [1.165, 1.54) is 7.11 Å². The molecule has 0 radical (unpaired) electrons. The van der Waals surface area contributed by atoms with Gasteiger partial charge in [-0.15, -0.1) is 0 Å². The van der Waals surface area contributed by atoms with Gasteiger partial charge in [-0.05, 0) is 23.6 Å². The summed E-state index contributed by atoms with van der Waals surface area (Å²) in [5, 5.41) is 3.48. The van der Waals surface area contributed by atoms with Crippen molar-refractivity contribution in [2.24, 2.45) is 5.92 Å². The number of hydrogen-bond acceptors (Lipinski definition) is 3. The maximum Gasteiger partial charge on any atom is 0.307 e. The highest BCUT2D eigenvalue weighted by atomic mass is 35.5. The molecule has 0 bridgehead atoms. The van der Waals surface area contributed by atoms with Gasteiger partial charge in [0.05, 0.1) is 19.6 Å². The van der Waals surface area contributed by atoms with Gasteiger partial charge in [0.15, 0.2) is 0 Å². The van der Waals surface area contributed by atoms with Crippen molar-refractivity contribution in [3.05, 3.63) is 34.9 Å². The van der Waals surface area contributed by atoms with Gasteiger partial charge in [0.25, 0.3) is 0 Å². The number of ether oxygens (including phenoxy) is 1. The van der Waals surface area contributed by atoms with Crippen molar-refractivity contribution < 1.29 is 14.3 Å².